The number of halogens is 2. The lowest BCUT2D eigenvalue weighted by molar-refractivity contribution is 0.486. The summed E-state index contributed by atoms with van der Waals surface area (Å²) in [5.74, 6) is -1.47. The summed E-state index contributed by atoms with van der Waals surface area (Å²) in [5.41, 5.74) is 6.65. The molecule has 2 aromatic carbocycles. The van der Waals surface area contributed by atoms with Crippen LogP contribution >= 0.6 is 0 Å². The van der Waals surface area contributed by atoms with Crippen molar-refractivity contribution >= 4 is 5.69 Å². The SMILES string of the molecule is Cc1c(N2CCCCC2)c(=O)n(C[C@H](N)c2ccccc2)c(=O)n1Cc1c(F)cccc1F. The van der Waals surface area contributed by atoms with E-state index in [0.29, 0.717) is 24.5 Å². The fourth-order valence-corrected chi connectivity index (χ4v) is 4.46. The number of aromatic nitrogens is 2. The number of piperidine rings is 1. The lowest BCUT2D eigenvalue weighted by Crippen LogP contribution is -2.47. The van der Waals surface area contributed by atoms with Crippen LogP contribution in [0.25, 0.3) is 0 Å². The molecule has 1 saturated heterocycles. The summed E-state index contributed by atoms with van der Waals surface area (Å²) in [6.07, 6.45) is 2.94. The van der Waals surface area contributed by atoms with E-state index in [1.807, 2.05) is 35.2 Å². The highest BCUT2D eigenvalue weighted by Crippen LogP contribution is 2.21. The molecule has 1 atom stereocenters. The zero-order valence-electron chi connectivity index (χ0n) is 18.6. The largest absolute Gasteiger partial charge is 0.366 e. The molecule has 4 rings (SSSR count). The van der Waals surface area contributed by atoms with Crippen molar-refractivity contribution in [2.45, 2.75) is 45.3 Å². The Morgan fingerprint density at radius 3 is 2.18 bits per heavy atom. The van der Waals surface area contributed by atoms with E-state index in [1.165, 1.54) is 10.6 Å². The number of benzene rings is 2. The molecule has 0 amide bonds. The van der Waals surface area contributed by atoms with E-state index in [1.54, 1.807) is 6.92 Å². The lowest BCUT2D eigenvalue weighted by atomic mass is 10.1. The molecule has 0 unspecified atom stereocenters. The summed E-state index contributed by atoms with van der Waals surface area (Å²) in [6, 6.07) is 12.2. The van der Waals surface area contributed by atoms with Gasteiger partial charge in [0, 0.05) is 30.4 Å². The van der Waals surface area contributed by atoms with Crippen LogP contribution in [0.1, 0.15) is 42.1 Å². The molecule has 0 spiro atoms. The number of hydrogen-bond acceptors (Lipinski definition) is 4. The predicted molar refractivity (Wildman–Crippen MR) is 125 cm³/mol. The van der Waals surface area contributed by atoms with Gasteiger partial charge in [-0.1, -0.05) is 36.4 Å². The number of nitrogens with two attached hydrogens (primary N) is 1. The van der Waals surface area contributed by atoms with E-state index >= 15 is 0 Å². The van der Waals surface area contributed by atoms with Crippen molar-refractivity contribution in [1.29, 1.82) is 0 Å². The minimum absolute atomic E-state index is 0.0391. The molecule has 33 heavy (non-hydrogen) atoms. The Bertz CT molecular complexity index is 1230. The first-order chi connectivity index (χ1) is 15.9. The molecule has 1 fully saturated rings. The molecule has 0 aliphatic carbocycles. The van der Waals surface area contributed by atoms with Crippen LogP contribution in [0.2, 0.25) is 0 Å². The summed E-state index contributed by atoms with van der Waals surface area (Å²) in [6.45, 7) is 2.68. The Morgan fingerprint density at radius 2 is 1.55 bits per heavy atom. The van der Waals surface area contributed by atoms with E-state index in [2.05, 4.69) is 0 Å². The molecule has 2 heterocycles. The summed E-state index contributed by atoms with van der Waals surface area (Å²) in [4.78, 5) is 28.9. The van der Waals surface area contributed by atoms with Gasteiger partial charge in [-0.05, 0) is 43.9 Å². The molecule has 8 heteroatoms. The van der Waals surface area contributed by atoms with E-state index < -0.39 is 28.9 Å². The third kappa shape index (κ3) is 4.61. The zero-order valence-corrected chi connectivity index (χ0v) is 18.6. The fraction of sp³-hybridized carbons (Fsp3) is 0.360. The fourth-order valence-electron chi connectivity index (χ4n) is 4.46. The molecule has 1 aliphatic heterocycles. The van der Waals surface area contributed by atoms with Crippen molar-refractivity contribution < 1.29 is 8.78 Å². The van der Waals surface area contributed by atoms with Gasteiger partial charge < -0.3 is 10.6 Å². The topological polar surface area (TPSA) is 73.3 Å². The quantitative estimate of drug-likeness (QED) is 0.620. The monoisotopic (exact) mass is 454 g/mol. The number of anilines is 1. The van der Waals surface area contributed by atoms with Gasteiger partial charge in [-0.25, -0.2) is 13.6 Å². The molecule has 1 aliphatic rings. The molecule has 2 N–H and O–H groups in total. The van der Waals surface area contributed by atoms with Gasteiger partial charge in [-0.3, -0.25) is 13.9 Å². The molecule has 0 saturated carbocycles. The van der Waals surface area contributed by atoms with Gasteiger partial charge in [-0.15, -0.1) is 0 Å². The summed E-state index contributed by atoms with van der Waals surface area (Å²) < 4.78 is 31.2. The average Bonchev–Trinajstić information content (AvgIpc) is 2.82. The van der Waals surface area contributed by atoms with Crippen molar-refractivity contribution in [3.05, 3.63) is 97.8 Å². The third-order valence-corrected chi connectivity index (χ3v) is 6.31. The summed E-state index contributed by atoms with van der Waals surface area (Å²) in [7, 11) is 0. The predicted octanol–water partition coefficient (Wildman–Crippen LogP) is 3.34. The minimum Gasteiger partial charge on any atom is -0.366 e. The van der Waals surface area contributed by atoms with E-state index in [4.69, 9.17) is 5.73 Å². The van der Waals surface area contributed by atoms with Gasteiger partial charge in [0.25, 0.3) is 5.56 Å². The van der Waals surface area contributed by atoms with Crippen LogP contribution in [0, 0.1) is 18.6 Å². The van der Waals surface area contributed by atoms with Crippen LogP contribution in [0.15, 0.2) is 58.1 Å². The highest BCUT2D eigenvalue weighted by Gasteiger charge is 2.24. The Labute approximate surface area is 190 Å². The number of hydrogen-bond donors (Lipinski definition) is 1. The van der Waals surface area contributed by atoms with Crippen LogP contribution in [0.4, 0.5) is 14.5 Å². The molecule has 0 bridgehead atoms. The van der Waals surface area contributed by atoms with Gasteiger partial charge >= 0.3 is 5.69 Å². The molecular weight excluding hydrogens is 426 g/mol. The van der Waals surface area contributed by atoms with Crippen LogP contribution in [0.3, 0.4) is 0 Å². The number of rotatable bonds is 6. The van der Waals surface area contributed by atoms with Crippen molar-refractivity contribution in [2.24, 2.45) is 5.73 Å². The Hall–Kier alpha value is -3.26. The van der Waals surface area contributed by atoms with Crippen molar-refractivity contribution in [3.8, 4) is 0 Å². The van der Waals surface area contributed by atoms with E-state index in [-0.39, 0.29) is 18.7 Å². The van der Waals surface area contributed by atoms with Gasteiger partial charge in [0.05, 0.1) is 13.1 Å². The van der Waals surface area contributed by atoms with Crippen molar-refractivity contribution in [3.63, 3.8) is 0 Å². The third-order valence-electron chi connectivity index (χ3n) is 6.31. The first-order valence-corrected chi connectivity index (χ1v) is 11.2. The smallest absolute Gasteiger partial charge is 0.331 e. The second-order valence-electron chi connectivity index (χ2n) is 8.48. The molecular formula is C25H28F2N4O2. The summed E-state index contributed by atoms with van der Waals surface area (Å²) in [5, 5.41) is 0. The average molecular weight is 455 g/mol. The maximum Gasteiger partial charge on any atom is 0.331 e. The first kappa shape index (κ1) is 22.9. The molecule has 1 aromatic heterocycles. The summed E-state index contributed by atoms with van der Waals surface area (Å²) >= 11 is 0. The molecule has 3 aromatic rings. The first-order valence-electron chi connectivity index (χ1n) is 11.2. The highest BCUT2D eigenvalue weighted by atomic mass is 19.1. The van der Waals surface area contributed by atoms with Crippen LogP contribution in [-0.4, -0.2) is 22.2 Å². The molecule has 174 valence electrons. The normalized spacial score (nSPS) is 15.0. The molecule has 6 nitrogen and oxygen atoms in total. The Balaban J connectivity index is 1.85. The van der Waals surface area contributed by atoms with E-state index in [9.17, 15) is 18.4 Å². The minimum atomic E-state index is -0.737. The van der Waals surface area contributed by atoms with Gasteiger partial charge in [0.15, 0.2) is 0 Å². The van der Waals surface area contributed by atoms with Crippen molar-refractivity contribution in [2.75, 3.05) is 18.0 Å². The Morgan fingerprint density at radius 1 is 0.909 bits per heavy atom. The second-order valence-corrected chi connectivity index (χ2v) is 8.48. The second kappa shape index (κ2) is 9.70. The number of nitrogens with zero attached hydrogens (tertiary/aromatic N) is 3. The lowest BCUT2D eigenvalue weighted by Gasteiger charge is -2.31. The van der Waals surface area contributed by atoms with Crippen LogP contribution < -0.4 is 21.9 Å². The van der Waals surface area contributed by atoms with Crippen molar-refractivity contribution in [1.82, 2.24) is 9.13 Å². The maximum atomic E-state index is 14.4. The van der Waals surface area contributed by atoms with Gasteiger partial charge in [-0.2, -0.15) is 0 Å². The zero-order chi connectivity index (χ0) is 23.5. The van der Waals surface area contributed by atoms with Crippen LogP contribution in [0.5, 0.6) is 0 Å². The molecule has 0 radical (unpaired) electrons. The maximum absolute atomic E-state index is 14.4. The standard InChI is InChI=1S/C25H28F2N4O2/c1-17-23(29-13-6-3-7-14-29)24(32)31(16-22(28)18-9-4-2-5-10-18)25(33)30(17)15-19-20(26)11-8-12-21(19)27/h2,4-5,8-12,22H,3,6-7,13-16,28H2,1H3/t22-/m0/s1. The van der Waals surface area contributed by atoms with E-state index in [0.717, 1.165) is 41.5 Å². The Kier molecular flexibility index (Phi) is 6.74. The van der Waals surface area contributed by atoms with Gasteiger partial charge in [0.2, 0.25) is 0 Å². The van der Waals surface area contributed by atoms with Gasteiger partial charge in [0.1, 0.15) is 17.3 Å². The van der Waals surface area contributed by atoms with Crippen LogP contribution in [-0.2, 0) is 13.1 Å². The highest BCUT2D eigenvalue weighted by molar-refractivity contribution is 5.49.